The maximum atomic E-state index is 13.9. The van der Waals surface area contributed by atoms with Gasteiger partial charge in [0.25, 0.3) is 23.6 Å². The Kier molecular flexibility index (Phi) is 13.0. The number of carbonyl (C=O) groups is 8. The Hall–Kier alpha value is -7.18. The molecule has 4 aliphatic heterocycles. The van der Waals surface area contributed by atoms with Gasteiger partial charge in [0, 0.05) is 73.8 Å². The molecular weight excluding hydrogens is 922 g/mol. The molecule has 4 N–H and O–H groups in total. The van der Waals surface area contributed by atoms with Crippen LogP contribution in [0.5, 0.6) is 5.75 Å². The number of pyridine rings is 1. The largest absolute Gasteiger partial charge is 0.505 e. The van der Waals surface area contributed by atoms with Gasteiger partial charge in [-0.2, -0.15) is 0 Å². The molecule has 364 valence electrons. The van der Waals surface area contributed by atoms with E-state index in [1.807, 2.05) is 11.0 Å². The third-order valence-electron chi connectivity index (χ3n) is 13.4. The van der Waals surface area contributed by atoms with E-state index in [-0.39, 0.29) is 73.1 Å². The van der Waals surface area contributed by atoms with Crippen molar-refractivity contribution >= 4 is 64.6 Å². The van der Waals surface area contributed by atoms with Crippen LogP contribution in [-0.2, 0) is 41.5 Å². The molecule has 19 heteroatoms. The number of likely N-dealkylation sites (tertiary alicyclic amines) is 1. The van der Waals surface area contributed by atoms with Crippen molar-refractivity contribution in [2.45, 2.75) is 95.0 Å². The number of halogens is 1. The molecule has 70 heavy (non-hydrogen) atoms. The average molecular weight is 974 g/mol. The number of nitrogens with one attached hydrogen (secondary N) is 3. The number of hydrogen-bond donors (Lipinski definition) is 4. The van der Waals surface area contributed by atoms with Crippen LogP contribution in [0.3, 0.4) is 0 Å². The molecule has 3 fully saturated rings. The molecule has 1 aromatic heterocycles. The number of amides is 7. The van der Waals surface area contributed by atoms with Gasteiger partial charge in [-0.05, 0) is 106 Å². The molecule has 5 aliphatic rings. The molecule has 4 aromatic rings. The molecule has 0 radical (unpaired) electrons. The topological polar surface area (TPSA) is 234 Å². The van der Waals surface area contributed by atoms with Crippen LogP contribution in [0, 0.1) is 0 Å². The zero-order valence-corrected chi connectivity index (χ0v) is 39.6. The number of hydrogen-bond acceptors (Lipinski definition) is 13. The smallest absolute Gasteiger partial charge is 0.333 e. The highest BCUT2D eigenvalue weighted by atomic mass is 35.5. The highest BCUT2D eigenvalue weighted by molar-refractivity contribution is 6.30. The molecule has 18 nitrogen and oxygen atoms in total. The van der Waals surface area contributed by atoms with Crippen molar-refractivity contribution in [2.24, 2.45) is 0 Å². The van der Waals surface area contributed by atoms with E-state index in [9.17, 15) is 43.5 Å². The number of carbonyl (C=O) groups excluding carboxylic acids is 8. The number of piperidine rings is 2. The van der Waals surface area contributed by atoms with Crippen molar-refractivity contribution in [1.82, 2.24) is 30.7 Å². The van der Waals surface area contributed by atoms with Gasteiger partial charge in [0.05, 0.1) is 22.9 Å². The Morgan fingerprint density at radius 1 is 0.871 bits per heavy atom. The fourth-order valence-corrected chi connectivity index (χ4v) is 10.1. The average Bonchev–Trinajstić information content (AvgIpc) is 4.02. The van der Waals surface area contributed by atoms with Crippen molar-refractivity contribution < 1.29 is 52.9 Å². The normalized spacial score (nSPS) is 21.3. The van der Waals surface area contributed by atoms with Gasteiger partial charge in [-0.25, -0.2) is 9.78 Å². The maximum absolute atomic E-state index is 13.9. The lowest BCUT2D eigenvalue weighted by Gasteiger charge is -2.32. The second-order valence-corrected chi connectivity index (χ2v) is 19.8. The molecular formula is C51H52ClN7O11. The SMILES string of the molecule is CC(C)(C)OC(=O)C1(NC(=O)c2nccc(-c3ccc(C(=O)NC4CCN(C(=O)CO[C@H]5CCN(c6cccc7c6C(=O)N(C6CCC(=O)NC6=O)C7=O)C5)CC4)cc3)c2O)Cc2ccc(Cl)cc2C1. The highest BCUT2D eigenvalue weighted by Gasteiger charge is 2.49. The minimum absolute atomic E-state index is 0.0269. The highest BCUT2D eigenvalue weighted by Crippen LogP contribution is 2.38. The molecule has 0 saturated carbocycles. The minimum atomic E-state index is -1.47. The van der Waals surface area contributed by atoms with Gasteiger partial charge in [-0.3, -0.25) is 43.8 Å². The first kappa shape index (κ1) is 47.9. The van der Waals surface area contributed by atoms with Crippen LogP contribution in [0.15, 0.2) is 72.9 Å². The van der Waals surface area contributed by atoms with E-state index in [4.69, 9.17) is 21.1 Å². The summed E-state index contributed by atoms with van der Waals surface area (Å²) in [5.41, 5.74) is 1.17. The van der Waals surface area contributed by atoms with E-state index in [1.165, 1.54) is 6.20 Å². The third-order valence-corrected chi connectivity index (χ3v) is 13.7. The van der Waals surface area contributed by atoms with Gasteiger partial charge in [0.15, 0.2) is 11.4 Å². The summed E-state index contributed by atoms with van der Waals surface area (Å²) in [6.45, 7) is 6.80. The number of ether oxygens (including phenoxy) is 2. The number of rotatable bonds is 11. The number of imide groups is 2. The summed E-state index contributed by atoms with van der Waals surface area (Å²) in [6, 6.07) is 17.1. The lowest BCUT2D eigenvalue weighted by molar-refractivity contribution is -0.162. The summed E-state index contributed by atoms with van der Waals surface area (Å²) in [6.07, 6.45) is 3.08. The van der Waals surface area contributed by atoms with Crippen LogP contribution < -0.4 is 20.9 Å². The molecule has 3 aromatic carbocycles. The van der Waals surface area contributed by atoms with Crippen molar-refractivity contribution in [1.29, 1.82) is 0 Å². The van der Waals surface area contributed by atoms with Crippen molar-refractivity contribution in [3.8, 4) is 16.9 Å². The van der Waals surface area contributed by atoms with Crippen LogP contribution in [0.1, 0.15) is 106 Å². The third kappa shape index (κ3) is 9.57. The molecule has 5 heterocycles. The molecule has 1 aliphatic carbocycles. The Morgan fingerprint density at radius 2 is 1.61 bits per heavy atom. The zero-order chi connectivity index (χ0) is 49.6. The lowest BCUT2D eigenvalue weighted by atomic mass is 9.94. The van der Waals surface area contributed by atoms with E-state index in [0.717, 1.165) is 16.0 Å². The Balaban J connectivity index is 0.754. The first-order chi connectivity index (χ1) is 33.4. The zero-order valence-electron chi connectivity index (χ0n) is 38.8. The van der Waals surface area contributed by atoms with Crippen molar-refractivity contribution in [2.75, 3.05) is 37.7 Å². The van der Waals surface area contributed by atoms with Gasteiger partial charge in [0.2, 0.25) is 17.7 Å². The first-order valence-corrected chi connectivity index (χ1v) is 23.7. The van der Waals surface area contributed by atoms with Crippen LogP contribution in [0.2, 0.25) is 5.02 Å². The monoisotopic (exact) mass is 973 g/mol. The molecule has 0 spiro atoms. The summed E-state index contributed by atoms with van der Waals surface area (Å²) in [5.74, 6) is -4.57. The predicted molar refractivity (Wildman–Crippen MR) is 253 cm³/mol. The Morgan fingerprint density at radius 3 is 2.34 bits per heavy atom. The second kappa shape index (κ2) is 19.0. The molecule has 3 saturated heterocycles. The Labute approximate surface area is 408 Å². The van der Waals surface area contributed by atoms with Crippen LogP contribution >= 0.6 is 11.6 Å². The fraction of sp³-hybridized carbons (Fsp3) is 0.392. The molecule has 3 atom stereocenters. The van der Waals surface area contributed by atoms with Gasteiger partial charge >= 0.3 is 5.97 Å². The van der Waals surface area contributed by atoms with Gasteiger partial charge in [0.1, 0.15) is 23.8 Å². The number of benzene rings is 3. The Bertz CT molecular complexity index is 2840. The number of aromatic nitrogens is 1. The van der Waals surface area contributed by atoms with Gasteiger partial charge in [-0.1, -0.05) is 35.9 Å². The van der Waals surface area contributed by atoms with E-state index >= 15 is 0 Å². The maximum Gasteiger partial charge on any atom is 0.333 e. The van der Waals surface area contributed by atoms with Crippen molar-refractivity contribution in [3.63, 3.8) is 0 Å². The number of esters is 1. The molecule has 7 amide bonds. The molecule has 9 rings (SSSR count). The molecule has 0 bridgehead atoms. The van der Waals surface area contributed by atoms with E-state index in [2.05, 4.69) is 20.9 Å². The number of aromatic hydroxyl groups is 1. The molecule has 2 unspecified atom stereocenters. The number of anilines is 1. The van der Waals surface area contributed by atoms with Crippen LogP contribution in [0.25, 0.3) is 11.1 Å². The summed E-state index contributed by atoms with van der Waals surface area (Å²) in [4.78, 5) is 114. The van der Waals surface area contributed by atoms with Crippen LogP contribution in [-0.4, -0.2) is 129 Å². The number of nitrogens with zero attached hydrogens (tertiary/aromatic N) is 4. The minimum Gasteiger partial charge on any atom is -0.505 e. The van der Waals surface area contributed by atoms with E-state index < -0.39 is 58.4 Å². The summed E-state index contributed by atoms with van der Waals surface area (Å²) in [5, 5.41) is 20.0. The quantitative estimate of drug-likeness (QED) is 0.122. The number of fused-ring (bicyclic) bond motifs is 2. The van der Waals surface area contributed by atoms with E-state index in [0.29, 0.717) is 72.8 Å². The van der Waals surface area contributed by atoms with Gasteiger partial charge < -0.3 is 35.0 Å². The second-order valence-electron chi connectivity index (χ2n) is 19.4. The lowest BCUT2D eigenvalue weighted by Crippen LogP contribution is -2.57. The predicted octanol–water partition coefficient (Wildman–Crippen LogP) is 4.13. The first-order valence-electron chi connectivity index (χ1n) is 23.3. The standard InChI is InChI=1S/C51H52ClN7O11/c1-50(2,3)70-49(68)51(24-30-11-12-32(52)23-31(30)25-51)56-46(65)42-43(62)35(15-19-53-42)28-7-9-29(10-8-28)44(63)54-33-16-20-57(21-17-33)40(61)27-69-34-18-22-58(26-34)37-6-4-5-36-41(37)48(67)59(47(36)66)38-13-14-39(60)55-45(38)64/h4-12,15,19,23,33-34,38,62H,13-14,16-18,20-22,24-27H2,1-3H3,(H,54,63)(H,56,65)(H,55,60,64)/t34-,38?,51?/m0/s1. The summed E-state index contributed by atoms with van der Waals surface area (Å²) >= 11 is 6.25. The van der Waals surface area contributed by atoms with Crippen LogP contribution in [0.4, 0.5) is 5.69 Å². The summed E-state index contributed by atoms with van der Waals surface area (Å²) < 4.78 is 11.8. The van der Waals surface area contributed by atoms with E-state index in [1.54, 1.807) is 86.3 Å². The van der Waals surface area contributed by atoms with Crippen molar-refractivity contribution in [3.05, 3.63) is 111 Å². The van der Waals surface area contributed by atoms with Gasteiger partial charge in [-0.15, -0.1) is 0 Å². The summed E-state index contributed by atoms with van der Waals surface area (Å²) in [7, 11) is 0. The fourth-order valence-electron chi connectivity index (χ4n) is 9.90.